The van der Waals surface area contributed by atoms with E-state index in [0.29, 0.717) is 0 Å². The Kier molecular flexibility index (Phi) is 5.23. The van der Waals surface area contributed by atoms with Crippen LogP contribution in [0.3, 0.4) is 0 Å². The highest BCUT2D eigenvalue weighted by Gasteiger charge is 2.20. The third kappa shape index (κ3) is 3.57. The van der Waals surface area contributed by atoms with Crippen LogP contribution in [0.2, 0.25) is 0 Å². The number of likely N-dealkylation sites (tertiary alicyclic amines) is 1. The zero-order valence-corrected chi connectivity index (χ0v) is 11.4. The van der Waals surface area contributed by atoms with Gasteiger partial charge in [0.15, 0.2) is 0 Å². The maximum absolute atomic E-state index is 5.50. The highest BCUT2D eigenvalue weighted by molar-refractivity contribution is 5.16. The van der Waals surface area contributed by atoms with E-state index in [4.69, 9.17) is 9.15 Å². The van der Waals surface area contributed by atoms with E-state index in [2.05, 4.69) is 16.3 Å². The quantitative estimate of drug-likeness (QED) is 0.838. The minimum Gasteiger partial charge on any atom is -0.468 e. The van der Waals surface area contributed by atoms with Crippen molar-refractivity contribution in [1.29, 1.82) is 0 Å². The molecule has 4 heteroatoms. The molecule has 0 radical (unpaired) electrons. The summed E-state index contributed by atoms with van der Waals surface area (Å²) in [6.07, 6.45) is 4.28. The average molecular weight is 252 g/mol. The summed E-state index contributed by atoms with van der Waals surface area (Å²) in [5.41, 5.74) is 1.31. The van der Waals surface area contributed by atoms with Crippen LogP contribution in [-0.4, -0.2) is 38.8 Å². The van der Waals surface area contributed by atoms with Gasteiger partial charge in [-0.05, 0) is 45.0 Å². The normalized spacial score (nSPS) is 18.3. The second-order valence-corrected chi connectivity index (χ2v) is 5.07. The number of furan rings is 1. The molecule has 1 saturated heterocycles. The van der Waals surface area contributed by atoms with Crippen LogP contribution in [0, 0.1) is 5.92 Å². The van der Waals surface area contributed by atoms with Crippen molar-refractivity contribution < 1.29 is 9.15 Å². The molecule has 0 aliphatic carbocycles. The Morgan fingerprint density at radius 1 is 1.44 bits per heavy atom. The highest BCUT2D eigenvalue weighted by atomic mass is 16.5. The molecule has 0 spiro atoms. The molecule has 0 bridgehead atoms. The molecular formula is C14H24N2O2. The molecule has 18 heavy (non-hydrogen) atoms. The number of hydrogen-bond acceptors (Lipinski definition) is 4. The standard InChI is InChI=1S/C14H24N2O2/c1-15-9-14-13(5-8-18-14)10-16-6-3-12(4-7-16)11-17-2/h5,8,12,15H,3-4,6-7,9-11H2,1-2H3. The van der Waals surface area contributed by atoms with E-state index in [0.717, 1.165) is 44.5 Å². The van der Waals surface area contributed by atoms with Crippen molar-refractivity contribution in [1.82, 2.24) is 10.2 Å². The summed E-state index contributed by atoms with van der Waals surface area (Å²) in [5, 5.41) is 3.14. The molecule has 1 N–H and O–H groups in total. The lowest BCUT2D eigenvalue weighted by molar-refractivity contribution is 0.0966. The van der Waals surface area contributed by atoms with Crippen molar-refractivity contribution >= 4 is 0 Å². The largest absolute Gasteiger partial charge is 0.468 e. The van der Waals surface area contributed by atoms with Crippen molar-refractivity contribution in [3.05, 3.63) is 23.7 Å². The zero-order chi connectivity index (χ0) is 12.8. The Hall–Kier alpha value is -0.840. The van der Waals surface area contributed by atoms with Gasteiger partial charge in [-0.3, -0.25) is 4.90 Å². The lowest BCUT2D eigenvalue weighted by Crippen LogP contribution is -2.34. The lowest BCUT2D eigenvalue weighted by atomic mass is 9.97. The van der Waals surface area contributed by atoms with E-state index >= 15 is 0 Å². The zero-order valence-electron chi connectivity index (χ0n) is 11.4. The van der Waals surface area contributed by atoms with E-state index < -0.39 is 0 Å². The van der Waals surface area contributed by atoms with E-state index in [1.807, 2.05) is 7.05 Å². The van der Waals surface area contributed by atoms with Crippen LogP contribution in [0.4, 0.5) is 0 Å². The summed E-state index contributed by atoms with van der Waals surface area (Å²) < 4.78 is 10.7. The molecule has 4 nitrogen and oxygen atoms in total. The molecule has 2 heterocycles. The topological polar surface area (TPSA) is 37.6 Å². The summed E-state index contributed by atoms with van der Waals surface area (Å²) in [6.45, 7) is 5.05. The Balaban J connectivity index is 1.82. The smallest absolute Gasteiger partial charge is 0.122 e. The molecule has 1 aliphatic heterocycles. The molecule has 1 fully saturated rings. The fraction of sp³-hybridized carbons (Fsp3) is 0.714. The van der Waals surface area contributed by atoms with E-state index in [1.165, 1.54) is 18.4 Å². The maximum Gasteiger partial charge on any atom is 0.122 e. The van der Waals surface area contributed by atoms with Gasteiger partial charge in [-0.2, -0.15) is 0 Å². The highest BCUT2D eigenvalue weighted by Crippen LogP contribution is 2.20. The Bertz CT molecular complexity index is 343. The number of nitrogens with zero attached hydrogens (tertiary/aromatic N) is 1. The molecular weight excluding hydrogens is 228 g/mol. The first-order chi connectivity index (χ1) is 8.83. The molecule has 1 aromatic heterocycles. The summed E-state index contributed by atoms with van der Waals surface area (Å²) in [4.78, 5) is 2.51. The van der Waals surface area contributed by atoms with Gasteiger partial charge < -0.3 is 14.5 Å². The molecule has 0 unspecified atom stereocenters. The molecule has 102 valence electrons. The predicted octanol–water partition coefficient (Wildman–Crippen LogP) is 1.86. The number of hydrogen-bond donors (Lipinski definition) is 1. The Morgan fingerprint density at radius 3 is 2.89 bits per heavy atom. The maximum atomic E-state index is 5.50. The van der Waals surface area contributed by atoms with Crippen molar-refractivity contribution in [2.75, 3.05) is 33.9 Å². The second-order valence-electron chi connectivity index (χ2n) is 5.07. The first kappa shape index (κ1) is 13.6. The SMILES string of the molecule is CNCc1occc1CN1CCC(COC)CC1. The summed E-state index contributed by atoms with van der Waals surface area (Å²) in [7, 11) is 3.74. The van der Waals surface area contributed by atoms with Gasteiger partial charge in [0, 0.05) is 25.8 Å². The fourth-order valence-electron chi connectivity index (χ4n) is 2.61. The lowest BCUT2D eigenvalue weighted by Gasteiger charge is -2.31. The van der Waals surface area contributed by atoms with Gasteiger partial charge in [-0.1, -0.05) is 0 Å². The van der Waals surface area contributed by atoms with E-state index in [9.17, 15) is 0 Å². The molecule has 0 amide bonds. The average Bonchev–Trinajstić information content (AvgIpc) is 2.80. The van der Waals surface area contributed by atoms with Crippen molar-refractivity contribution in [3.63, 3.8) is 0 Å². The van der Waals surface area contributed by atoms with Crippen LogP contribution in [0.15, 0.2) is 16.7 Å². The number of piperidine rings is 1. The van der Waals surface area contributed by atoms with E-state index in [1.54, 1.807) is 13.4 Å². The summed E-state index contributed by atoms with van der Waals surface area (Å²) in [5.74, 6) is 1.81. The number of methoxy groups -OCH3 is 1. The van der Waals surface area contributed by atoms with Gasteiger partial charge in [0.25, 0.3) is 0 Å². The van der Waals surface area contributed by atoms with Crippen LogP contribution in [-0.2, 0) is 17.8 Å². The molecule has 0 aromatic carbocycles. The van der Waals surface area contributed by atoms with Crippen LogP contribution >= 0.6 is 0 Å². The van der Waals surface area contributed by atoms with Gasteiger partial charge in [0.1, 0.15) is 5.76 Å². The predicted molar refractivity (Wildman–Crippen MR) is 71.3 cm³/mol. The van der Waals surface area contributed by atoms with E-state index in [-0.39, 0.29) is 0 Å². The third-order valence-corrected chi connectivity index (χ3v) is 3.68. The monoisotopic (exact) mass is 252 g/mol. The number of ether oxygens (including phenoxy) is 1. The van der Waals surface area contributed by atoms with Gasteiger partial charge in [0.2, 0.25) is 0 Å². The van der Waals surface area contributed by atoms with Crippen LogP contribution in [0.25, 0.3) is 0 Å². The summed E-state index contributed by atoms with van der Waals surface area (Å²) >= 11 is 0. The molecule has 0 atom stereocenters. The molecule has 2 rings (SSSR count). The van der Waals surface area contributed by atoms with Gasteiger partial charge in [-0.25, -0.2) is 0 Å². The first-order valence-electron chi connectivity index (χ1n) is 6.74. The second kappa shape index (κ2) is 6.92. The van der Waals surface area contributed by atoms with Crippen molar-refractivity contribution in [3.8, 4) is 0 Å². The first-order valence-corrected chi connectivity index (χ1v) is 6.74. The van der Waals surface area contributed by atoms with Crippen LogP contribution in [0.1, 0.15) is 24.2 Å². The minimum atomic E-state index is 0.743. The Morgan fingerprint density at radius 2 is 2.22 bits per heavy atom. The van der Waals surface area contributed by atoms with Gasteiger partial charge in [0.05, 0.1) is 12.8 Å². The molecule has 1 aromatic rings. The van der Waals surface area contributed by atoms with Gasteiger partial charge >= 0.3 is 0 Å². The van der Waals surface area contributed by atoms with Crippen LogP contribution in [0.5, 0.6) is 0 Å². The number of rotatable bonds is 6. The van der Waals surface area contributed by atoms with Crippen molar-refractivity contribution in [2.45, 2.75) is 25.9 Å². The fourth-order valence-corrected chi connectivity index (χ4v) is 2.61. The van der Waals surface area contributed by atoms with Gasteiger partial charge in [-0.15, -0.1) is 0 Å². The van der Waals surface area contributed by atoms with Crippen molar-refractivity contribution in [2.24, 2.45) is 5.92 Å². The number of nitrogens with one attached hydrogen (secondary N) is 1. The Labute approximate surface area is 109 Å². The summed E-state index contributed by atoms with van der Waals surface area (Å²) in [6, 6.07) is 2.09. The molecule has 1 aliphatic rings. The third-order valence-electron chi connectivity index (χ3n) is 3.68. The molecule has 0 saturated carbocycles. The minimum absolute atomic E-state index is 0.743. The van der Waals surface area contributed by atoms with Crippen LogP contribution < -0.4 is 5.32 Å².